The van der Waals surface area contributed by atoms with E-state index in [9.17, 15) is 4.79 Å². The first-order valence-corrected chi connectivity index (χ1v) is 5.84. The Bertz CT molecular complexity index is 734. The zero-order valence-corrected chi connectivity index (χ0v) is 10.0. The van der Waals surface area contributed by atoms with Crippen LogP contribution >= 0.6 is 11.5 Å². The number of rotatable bonds is 2. The van der Waals surface area contributed by atoms with Gasteiger partial charge in [0.05, 0.1) is 5.56 Å². The summed E-state index contributed by atoms with van der Waals surface area (Å²) in [4.78, 5) is 19.6. The Kier molecular flexibility index (Phi) is 2.30. The Morgan fingerprint density at radius 2 is 2.33 bits per heavy atom. The van der Waals surface area contributed by atoms with Gasteiger partial charge in [0.2, 0.25) is 0 Å². The van der Waals surface area contributed by atoms with Crippen molar-refractivity contribution in [3.05, 3.63) is 23.2 Å². The average Bonchev–Trinajstić information content (AvgIpc) is 2.97. The molecule has 90 valence electrons. The van der Waals surface area contributed by atoms with Gasteiger partial charge in [-0.25, -0.2) is 14.8 Å². The second-order valence-corrected chi connectivity index (χ2v) is 4.23. The predicted molar refractivity (Wildman–Crippen MR) is 64.4 cm³/mol. The summed E-state index contributed by atoms with van der Waals surface area (Å²) in [6, 6.07) is 1.43. The van der Waals surface area contributed by atoms with Crippen LogP contribution in [0.25, 0.3) is 22.7 Å². The minimum Gasteiger partial charge on any atom is -0.478 e. The van der Waals surface area contributed by atoms with Crippen LogP contribution in [0.15, 0.2) is 17.6 Å². The molecule has 3 rings (SSSR count). The molecule has 0 aromatic carbocycles. The van der Waals surface area contributed by atoms with Crippen molar-refractivity contribution in [2.45, 2.75) is 0 Å². The van der Waals surface area contributed by atoms with Crippen LogP contribution in [0.2, 0.25) is 0 Å². The van der Waals surface area contributed by atoms with E-state index in [1.807, 2.05) is 0 Å². The summed E-state index contributed by atoms with van der Waals surface area (Å²) in [6.07, 6.45) is 1.45. The Morgan fingerprint density at radius 1 is 1.50 bits per heavy atom. The molecule has 0 saturated carbocycles. The van der Waals surface area contributed by atoms with Crippen molar-refractivity contribution in [2.24, 2.45) is 7.05 Å². The van der Waals surface area contributed by atoms with Gasteiger partial charge < -0.3 is 9.67 Å². The van der Waals surface area contributed by atoms with Gasteiger partial charge in [0.25, 0.3) is 0 Å². The quantitative estimate of drug-likeness (QED) is 0.744. The highest BCUT2D eigenvalue weighted by atomic mass is 32.1. The highest BCUT2D eigenvalue weighted by molar-refractivity contribution is 7.03. The van der Waals surface area contributed by atoms with Crippen LogP contribution in [0.4, 0.5) is 0 Å². The number of pyridine rings is 1. The summed E-state index contributed by atoms with van der Waals surface area (Å²) in [5.74, 6) is -0.469. The molecule has 0 bridgehead atoms. The summed E-state index contributed by atoms with van der Waals surface area (Å²) in [5.41, 5.74) is 1.61. The maximum atomic E-state index is 11.1. The Morgan fingerprint density at radius 3 is 3.00 bits per heavy atom. The van der Waals surface area contributed by atoms with Crippen molar-refractivity contribution in [1.82, 2.24) is 24.1 Å². The fourth-order valence-electron chi connectivity index (χ4n) is 1.74. The molecule has 0 atom stereocenters. The number of carboxylic acid groups (broad SMARTS) is 1. The molecule has 7 nitrogen and oxygen atoms in total. The molecular formula is C10H7N5O2S. The van der Waals surface area contributed by atoms with E-state index >= 15 is 0 Å². The number of aromatic carboxylic acids is 1. The van der Waals surface area contributed by atoms with Crippen molar-refractivity contribution in [3.8, 4) is 11.5 Å². The number of hydrogen-bond donors (Lipinski definition) is 1. The van der Waals surface area contributed by atoms with E-state index in [2.05, 4.69) is 19.6 Å². The van der Waals surface area contributed by atoms with Gasteiger partial charge in [0.15, 0.2) is 11.5 Å². The SMILES string of the molecule is Cn1c(-c2csnn2)nc2c(C(=O)O)ccnc21. The van der Waals surface area contributed by atoms with E-state index in [1.54, 1.807) is 17.0 Å². The van der Waals surface area contributed by atoms with Crippen LogP contribution in [-0.2, 0) is 7.05 Å². The first-order valence-electron chi connectivity index (χ1n) is 5.00. The highest BCUT2D eigenvalue weighted by Gasteiger charge is 2.18. The number of carboxylic acids is 1. The highest BCUT2D eigenvalue weighted by Crippen LogP contribution is 2.23. The van der Waals surface area contributed by atoms with E-state index < -0.39 is 5.97 Å². The lowest BCUT2D eigenvalue weighted by atomic mass is 10.2. The zero-order chi connectivity index (χ0) is 12.7. The molecule has 3 aromatic heterocycles. The lowest BCUT2D eigenvalue weighted by molar-refractivity contribution is 0.0699. The summed E-state index contributed by atoms with van der Waals surface area (Å²) in [6.45, 7) is 0. The maximum absolute atomic E-state index is 11.1. The molecule has 8 heteroatoms. The standard InChI is InChI=1S/C10H7N5O2S/c1-15-8(6-4-18-14-13-6)12-7-5(10(16)17)2-3-11-9(7)15/h2-4H,1H3,(H,16,17). The molecule has 0 fully saturated rings. The summed E-state index contributed by atoms with van der Waals surface area (Å²) in [5, 5.41) is 14.8. The number of nitrogens with zero attached hydrogens (tertiary/aromatic N) is 5. The van der Waals surface area contributed by atoms with Gasteiger partial charge in [-0.1, -0.05) is 4.49 Å². The lowest BCUT2D eigenvalue weighted by Crippen LogP contribution is -1.98. The minimum atomic E-state index is -1.02. The normalized spacial score (nSPS) is 10.9. The largest absolute Gasteiger partial charge is 0.478 e. The van der Waals surface area contributed by atoms with Gasteiger partial charge in [0, 0.05) is 18.6 Å². The van der Waals surface area contributed by atoms with Crippen molar-refractivity contribution >= 4 is 28.7 Å². The number of fused-ring (bicyclic) bond motifs is 1. The molecule has 3 aromatic rings. The molecule has 0 radical (unpaired) electrons. The fraction of sp³-hybridized carbons (Fsp3) is 0.100. The molecule has 0 aliphatic carbocycles. The second kappa shape index (κ2) is 3.84. The van der Waals surface area contributed by atoms with E-state index in [0.29, 0.717) is 22.7 Å². The van der Waals surface area contributed by atoms with Crippen LogP contribution in [0.5, 0.6) is 0 Å². The molecule has 0 unspecified atom stereocenters. The minimum absolute atomic E-state index is 0.130. The first-order chi connectivity index (χ1) is 8.68. The monoisotopic (exact) mass is 261 g/mol. The number of aryl methyl sites for hydroxylation is 1. The number of imidazole rings is 1. The van der Waals surface area contributed by atoms with Gasteiger partial charge in [-0.15, -0.1) is 5.10 Å². The lowest BCUT2D eigenvalue weighted by Gasteiger charge is -1.97. The first kappa shape index (κ1) is 10.8. The van der Waals surface area contributed by atoms with Gasteiger partial charge in [-0.05, 0) is 17.6 Å². The molecule has 3 heterocycles. The molecule has 1 N–H and O–H groups in total. The molecule has 0 aliphatic rings. The fourth-order valence-corrected chi connectivity index (χ4v) is 2.18. The van der Waals surface area contributed by atoms with Gasteiger partial charge in [-0.2, -0.15) is 0 Å². The van der Waals surface area contributed by atoms with E-state index in [1.165, 1.54) is 23.8 Å². The smallest absolute Gasteiger partial charge is 0.338 e. The molecule has 18 heavy (non-hydrogen) atoms. The molecule has 0 aliphatic heterocycles. The summed E-state index contributed by atoms with van der Waals surface area (Å²) >= 11 is 1.21. The van der Waals surface area contributed by atoms with Crippen LogP contribution in [-0.4, -0.2) is 35.2 Å². The number of hydrogen-bond acceptors (Lipinski definition) is 6. The Labute approximate surface area is 105 Å². The predicted octanol–water partition coefficient (Wildman–Crippen LogP) is 1.18. The van der Waals surface area contributed by atoms with Crippen molar-refractivity contribution in [1.29, 1.82) is 0 Å². The third-order valence-electron chi connectivity index (χ3n) is 2.58. The van der Waals surface area contributed by atoms with E-state index in [4.69, 9.17) is 5.11 Å². The topological polar surface area (TPSA) is 93.8 Å². The zero-order valence-electron chi connectivity index (χ0n) is 9.23. The molecular weight excluding hydrogens is 254 g/mol. The van der Waals surface area contributed by atoms with Gasteiger partial charge >= 0.3 is 5.97 Å². The van der Waals surface area contributed by atoms with Crippen molar-refractivity contribution < 1.29 is 9.90 Å². The number of aromatic nitrogens is 5. The maximum Gasteiger partial charge on any atom is 0.338 e. The third kappa shape index (κ3) is 1.46. The number of carbonyl (C=O) groups is 1. The second-order valence-electron chi connectivity index (χ2n) is 3.62. The average molecular weight is 261 g/mol. The van der Waals surface area contributed by atoms with Crippen LogP contribution in [0.3, 0.4) is 0 Å². The Hall–Kier alpha value is -2.35. The summed E-state index contributed by atoms with van der Waals surface area (Å²) < 4.78 is 5.48. The van der Waals surface area contributed by atoms with Crippen LogP contribution in [0.1, 0.15) is 10.4 Å². The van der Waals surface area contributed by atoms with Gasteiger partial charge in [0.1, 0.15) is 11.2 Å². The third-order valence-corrected chi connectivity index (χ3v) is 3.08. The van der Waals surface area contributed by atoms with E-state index in [0.717, 1.165) is 0 Å². The van der Waals surface area contributed by atoms with E-state index in [-0.39, 0.29) is 5.56 Å². The Balaban J connectivity index is 2.34. The molecule has 0 spiro atoms. The molecule has 0 saturated heterocycles. The summed E-state index contributed by atoms with van der Waals surface area (Å²) in [7, 11) is 1.77. The van der Waals surface area contributed by atoms with Crippen LogP contribution < -0.4 is 0 Å². The van der Waals surface area contributed by atoms with Crippen LogP contribution in [0, 0.1) is 0 Å². The van der Waals surface area contributed by atoms with Crippen molar-refractivity contribution in [2.75, 3.05) is 0 Å². The van der Waals surface area contributed by atoms with Gasteiger partial charge in [-0.3, -0.25) is 0 Å². The molecule has 0 amide bonds. The van der Waals surface area contributed by atoms with Crippen molar-refractivity contribution in [3.63, 3.8) is 0 Å².